The van der Waals surface area contributed by atoms with E-state index in [-0.39, 0.29) is 19.6 Å². The minimum atomic E-state index is -1.29. The number of aromatic nitrogens is 4. The Bertz CT molecular complexity index is 961. The number of carbonyl (C=O) groups is 2. The molecule has 1 atom stereocenters. The quantitative estimate of drug-likeness (QED) is 0.553. The van der Waals surface area contributed by atoms with E-state index < -0.39 is 29.2 Å². The van der Waals surface area contributed by atoms with E-state index in [9.17, 15) is 9.59 Å². The van der Waals surface area contributed by atoms with Crippen LogP contribution in [0.2, 0.25) is 0 Å². The van der Waals surface area contributed by atoms with Crippen molar-refractivity contribution in [3.05, 3.63) is 41.7 Å². The van der Waals surface area contributed by atoms with E-state index in [0.29, 0.717) is 12.4 Å². The summed E-state index contributed by atoms with van der Waals surface area (Å²) >= 11 is 0. The molecular formula is C22H31N7O4. The van der Waals surface area contributed by atoms with E-state index in [2.05, 4.69) is 26.2 Å². The summed E-state index contributed by atoms with van der Waals surface area (Å²) in [4.78, 5) is 25.3. The van der Waals surface area contributed by atoms with Gasteiger partial charge in [0.1, 0.15) is 17.2 Å². The molecule has 178 valence electrons. The lowest BCUT2D eigenvalue weighted by Crippen LogP contribution is -2.56. The minimum Gasteiger partial charge on any atom is -0.444 e. The number of ether oxygens (including phenoxy) is 2. The van der Waals surface area contributed by atoms with E-state index in [0.717, 1.165) is 5.56 Å². The average molecular weight is 458 g/mol. The molecule has 0 unspecified atom stereocenters. The number of hydrogen-bond acceptors (Lipinski definition) is 8. The third-order valence-corrected chi connectivity index (χ3v) is 4.39. The molecule has 0 aliphatic carbocycles. The first kappa shape index (κ1) is 25.7. The van der Waals surface area contributed by atoms with Crippen molar-refractivity contribution in [1.82, 2.24) is 30.8 Å². The fourth-order valence-corrected chi connectivity index (χ4v) is 2.78. The van der Waals surface area contributed by atoms with Gasteiger partial charge in [0.2, 0.25) is 5.91 Å². The van der Waals surface area contributed by atoms with Crippen LogP contribution in [0.5, 0.6) is 0 Å². The summed E-state index contributed by atoms with van der Waals surface area (Å²) in [6.45, 7) is 9.01. The normalized spacial score (nSPS) is 12.5. The van der Waals surface area contributed by atoms with E-state index >= 15 is 0 Å². The van der Waals surface area contributed by atoms with Crippen LogP contribution in [0, 0.1) is 11.3 Å². The summed E-state index contributed by atoms with van der Waals surface area (Å²) in [6.07, 6.45) is -0.506. The average Bonchev–Trinajstić information content (AvgIpc) is 3.18. The van der Waals surface area contributed by atoms with Crippen molar-refractivity contribution < 1.29 is 19.1 Å². The predicted octanol–water partition coefficient (Wildman–Crippen LogP) is 2.26. The summed E-state index contributed by atoms with van der Waals surface area (Å²) in [7, 11) is 0. The molecule has 0 fully saturated rings. The number of aryl methyl sites for hydroxylation is 1. The first-order chi connectivity index (χ1) is 15.5. The molecule has 33 heavy (non-hydrogen) atoms. The van der Waals surface area contributed by atoms with Crippen molar-refractivity contribution in [3.8, 4) is 6.07 Å². The molecular weight excluding hydrogens is 426 g/mol. The van der Waals surface area contributed by atoms with Gasteiger partial charge in [0.05, 0.1) is 32.2 Å². The fourth-order valence-electron chi connectivity index (χ4n) is 2.78. The molecule has 0 saturated heterocycles. The Balaban J connectivity index is 2.13. The number of carbonyl (C=O) groups excluding carboxylic acids is 2. The summed E-state index contributed by atoms with van der Waals surface area (Å²) in [5, 5.41) is 25.9. The molecule has 0 aliphatic heterocycles. The van der Waals surface area contributed by atoms with Crippen molar-refractivity contribution in [3.63, 3.8) is 0 Å². The lowest BCUT2D eigenvalue weighted by Gasteiger charge is -2.29. The molecule has 2 rings (SSSR count). The van der Waals surface area contributed by atoms with Crippen LogP contribution in [-0.2, 0) is 27.4 Å². The maximum atomic E-state index is 13.1. The van der Waals surface area contributed by atoms with Gasteiger partial charge in [-0.3, -0.25) is 4.79 Å². The van der Waals surface area contributed by atoms with Gasteiger partial charge in [0.15, 0.2) is 5.82 Å². The summed E-state index contributed by atoms with van der Waals surface area (Å²) in [5.41, 5.74) is -1.02. The smallest absolute Gasteiger partial charge is 0.408 e. The van der Waals surface area contributed by atoms with Crippen molar-refractivity contribution in [2.45, 2.75) is 71.4 Å². The van der Waals surface area contributed by atoms with Crippen LogP contribution in [0.3, 0.4) is 0 Å². The Morgan fingerprint density at radius 3 is 2.52 bits per heavy atom. The Hall–Kier alpha value is -3.52. The number of hydrogen-bond donors (Lipinski definition) is 2. The number of benzene rings is 1. The fraction of sp³-hybridized carbons (Fsp3) is 0.545. The standard InChI is InChI=1S/C22H31N7O4/c1-21(2,3)33-20(31)25-22(4,5)19(30)24-17(15-32-14-16-10-7-6-8-11-16)18-26-27-28-29(18)13-9-12-23/h6-8,10-11,17H,9,13-15H2,1-5H3,(H,24,30)(H,25,31)/t17-/m1/s1. The zero-order valence-corrected chi connectivity index (χ0v) is 19.7. The third-order valence-electron chi connectivity index (χ3n) is 4.39. The second kappa shape index (κ2) is 11.4. The molecule has 0 saturated carbocycles. The van der Waals surface area contributed by atoms with E-state index in [1.54, 1.807) is 34.6 Å². The minimum absolute atomic E-state index is 0.0794. The number of nitrogens with zero attached hydrogens (tertiary/aromatic N) is 5. The zero-order chi connectivity index (χ0) is 24.5. The maximum absolute atomic E-state index is 13.1. The molecule has 0 spiro atoms. The molecule has 1 aromatic carbocycles. The molecule has 11 heteroatoms. The van der Waals surface area contributed by atoms with Gasteiger partial charge in [0, 0.05) is 0 Å². The van der Waals surface area contributed by atoms with Crippen molar-refractivity contribution in [2.75, 3.05) is 6.61 Å². The number of nitriles is 1. The van der Waals surface area contributed by atoms with Gasteiger partial charge >= 0.3 is 6.09 Å². The highest BCUT2D eigenvalue weighted by Crippen LogP contribution is 2.15. The highest BCUT2D eigenvalue weighted by Gasteiger charge is 2.34. The number of amides is 2. The topological polar surface area (TPSA) is 144 Å². The summed E-state index contributed by atoms with van der Waals surface area (Å²) in [5.74, 6) is -0.128. The molecule has 11 nitrogen and oxygen atoms in total. The highest BCUT2D eigenvalue weighted by molar-refractivity contribution is 5.89. The molecule has 0 radical (unpaired) electrons. The molecule has 2 amide bonds. The molecule has 2 aromatic rings. The molecule has 1 heterocycles. The third kappa shape index (κ3) is 8.50. The SMILES string of the molecule is CC(C)(C)OC(=O)NC(C)(C)C(=O)N[C@H](COCc1ccccc1)c1nnnn1CCC#N. The second-order valence-corrected chi connectivity index (χ2v) is 8.95. The number of rotatable bonds is 10. The molecule has 0 bridgehead atoms. The largest absolute Gasteiger partial charge is 0.444 e. The Morgan fingerprint density at radius 2 is 1.88 bits per heavy atom. The lowest BCUT2D eigenvalue weighted by atomic mass is 10.0. The van der Waals surface area contributed by atoms with Crippen LogP contribution in [0.25, 0.3) is 0 Å². The molecule has 2 N–H and O–H groups in total. The maximum Gasteiger partial charge on any atom is 0.408 e. The zero-order valence-electron chi connectivity index (χ0n) is 19.7. The monoisotopic (exact) mass is 457 g/mol. The number of alkyl carbamates (subject to hydrolysis) is 1. The van der Waals surface area contributed by atoms with Gasteiger partial charge in [-0.2, -0.15) is 5.26 Å². The van der Waals surface area contributed by atoms with Gasteiger partial charge in [-0.15, -0.1) is 5.10 Å². The Morgan fingerprint density at radius 1 is 1.18 bits per heavy atom. The summed E-state index contributed by atoms with van der Waals surface area (Å²) < 4.78 is 12.5. The van der Waals surface area contributed by atoms with E-state index in [4.69, 9.17) is 14.7 Å². The van der Waals surface area contributed by atoms with Gasteiger partial charge in [-0.1, -0.05) is 30.3 Å². The summed E-state index contributed by atoms with van der Waals surface area (Å²) in [6, 6.07) is 10.9. The van der Waals surface area contributed by atoms with Crippen LogP contribution in [0.1, 0.15) is 58.5 Å². The lowest BCUT2D eigenvalue weighted by molar-refractivity contribution is -0.127. The van der Waals surface area contributed by atoms with Crippen LogP contribution in [0.15, 0.2) is 30.3 Å². The first-order valence-electron chi connectivity index (χ1n) is 10.6. The van der Waals surface area contributed by atoms with Crippen LogP contribution >= 0.6 is 0 Å². The van der Waals surface area contributed by atoms with Gasteiger partial charge in [-0.25, -0.2) is 9.48 Å². The van der Waals surface area contributed by atoms with Gasteiger partial charge in [-0.05, 0) is 50.6 Å². The van der Waals surface area contributed by atoms with Crippen LogP contribution < -0.4 is 10.6 Å². The van der Waals surface area contributed by atoms with Crippen molar-refractivity contribution in [1.29, 1.82) is 5.26 Å². The Kier molecular flexibility index (Phi) is 8.87. The van der Waals surface area contributed by atoms with Crippen molar-refractivity contribution >= 4 is 12.0 Å². The van der Waals surface area contributed by atoms with Crippen LogP contribution in [0.4, 0.5) is 4.79 Å². The Labute approximate surface area is 193 Å². The van der Waals surface area contributed by atoms with E-state index in [1.807, 2.05) is 36.4 Å². The van der Waals surface area contributed by atoms with Crippen molar-refractivity contribution in [2.24, 2.45) is 0 Å². The van der Waals surface area contributed by atoms with Gasteiger partial charge < -0.3 is 20.1 Å². The molecule has 0 aliphatic rings. The number of nitrogens with one attached hydrogen (secondary N) is 2. The number of tetrazole rings is 1. The second-order valence-electron chi connectivity index (χ2n) is 8.95. The highest BCUT2D eigenvalue weighted by atomic mass is 16.6. The molecule has 1 aromatic heterocycles. The first-order valence-corrected chi connectivity index (χ1v) is 10.6. The predicted molar refractivity (Wildman–Crippen MR) is 118 cm³/mol. The van der Waals surface area contributed by atoms with Crippen LogP contribution in [-0.4, -0.2) is 50.0 Å². The van der Waals surface area contributed by atoms with E-state index in [1.165, 1.54) is 4.68 Å². The van der Waals surface area contributed by atoms with Gasteiger partial charge in [0.25, 0.3) is 0 Å².